The van der Waals surface area contributed by atoms with Gasteiger partial charge in [-0.3, -0.25) is 4.99 Å². The third-order valence-corrected chi connectivity index (χ3v) is 5.39. The number of halogens is 1. The average molecular weight is 347 g/mol. The van der Waals surface area contributed by atoms with Crippen LogP contribution in [0.2, 0.25) is 0 Å². The van der Waals surface area contributed by atoms with E-state index in [-0.39, 0.29) is 30.0 Å². The van der Waals surface area contributed by atoms with Crippen LogP contribution in [0.1, 0.15) is 30.7 Å². The maximum absolute atomic E-state index is 14.0. The number of nitrogens with one attached hydrogen (secondary N) is 1. The zero-order valence-corrected chi connectivity index (χ0v) is 14.7. The van der Waals surface area contributed by atoms with Crippen LogP contribution in [-0.4, -0.2) is 62.5 Å². The molecule has 1 N–H and O–H groups in total. The molecule has 136 valence electrons. The molecule has 2 heterocycles. The number of nitrogens with zero attached hydrogens (tertiary/aromatic N) is 2. The molecule has 4 atom stereocenters. The Hall–Kier alpha value is -1.66. The van der Waals surface area contributed by atoms with Crippen LogP contribution in [0.5, 0.6) is 0 Å². The summed E-state index contributed by atoms with van der Waals surface area (Å²) in [6, 6.07) is 7.30. The second-order valence-electron chi connectivity index (χ2n) is 7.07. The minimum Gasteiger partial charge on any atom is -0.375 e. The minimum atomic E-state index is -0.114. The summed E-state index contributed by atoms with van der Waals surface area (Å²) in [5.74, 6) is 1.000. The summed E-state index contributed by atoms with van der Waals surface area (Å²) >= 11 is 0. The lowest BCUT2D eigenvalue weighted by Gasteiger charge is -2.37. The maximum atomic E-state index is 14.0. The van der Waals surface area contributed by atoms with Crippen molar-refractivity contribution in [3.05, 3.63) is 35.6 Å². The lowest BCUT2D eigenvalue weighted by molar-refractivity contribution is -0.0817. The van der Waals surface area contributed by atoms with E-state index in [0.717, 1.165) is 50.5 Å². The Morgan fingerprint density at radius 2 is 2.08 bits per heavy atom. The van der Waals surface area contributed by atoms with E-state index in [2.05, 4.69) is 15.2 Å². The third-order valence-electron chi connectivity index (χ3n) is 5.39. The third kappa shape index (κ3) is 3.65. The van der Waals surface area contributed by atoms with Crippen LogP contribution in [-0.2, 0) is 9.47 Å². The predicted molar refractivity (Wildman–Crippen MR) is 94.3 cm³/mol. The van der Waals surface area contributed by atoms with Gasteiger partial charge in [0.2, 0.25) is 0 Å². The van der Waals surface area contributed by atoms with E-state index in [9.17, 15) is 4.39 Å². The quantitative estimate of drug-likeness (QED) is 0.672. The van der Waals surface area contributed by atoms with E-state index in [0.29, 0.717) is 6.61 Å². The molecule has 3 aliphatic rings. The molecule has 25 heavy (non-hydrogen) atoms. The monoisotopic (exact) mass is 347 g/mol. The van der Waals surface area contributed by atoms with Gasteiger partial charge in [-0.1, -0.05) is 18.2 Å². The predicted octanol–water partition coefficient (Wildman–Crippen LogP) is 2.14. The highest BCUT2D eigenvalue weighted by Crippen LogP contribution is 2.41. The van der Waals surface area contributed by atoms with Gasteiger partial charge in [0.15, 0.2) is 5.96 Å². The van der Waals surface area contributed by atoms with Crippen molar-refractivity contribution in [3.8, 4) is 0 Å². The van der Waals surface area contributed by atoms with Gasteiger partial charge in [-0.2, -0.15) is 0 Å². The van der Waals surface area contributed by atoms with Gasteiger partial charge < -0.3 is 19.7 Å². The van der Waals surface area contributed by atoms with Crippen molar-refractivity contribution in [2.75, 3.05) is 33.4 Å². The molecule has 1 aromatic carbocycles. The van der Waals surface area contributed by atoms with Gasteiger partial charge in [-0.05, 0) is 30.9 Å². The SMILES string of the molecule is CN=C(NC1CC1c1ccccc1F)N1CCOC(C2CCCO2)C1. The van der Waals surface area contributed by atoms with Gasteiger partial charge in [-0.25, -0.2) is 4.39 Å². The van der Waals surface area contributed by atoms with Crippen molar-refractivity contribution in [1.82, 2.24) is 10.2 Å². The Morgan fingerprint density at radius 1 is 1.24 bits per heavy atom. The highest BCUT2D eigenvalue weighted by atomic mass is 19.1. The largest absolute Gasteiger partial charge is 0.375 e. The lowest BCUT2D eigenvalue weighted by atomic mass is 10.1. The molecule has 4 unspecified atom stereocenters. The fourth-order valence-corrected chi connectivity index (χ4v) is 3.93. The van der Waals surface area contributed by atoms with Crippen LogP contribution < -0.4 is 5.32 Å². The molecule has 2 saturated heterocycles. The maximum Gasteiger partial charge on any atom is 0.194 e. The summed E-state index contributed by atoms with van der Waals surface area (Å²) in [7, 11) is 1.80. The number of morpholine rings is 1. The molecular formula is C19H26FN3O2. The molecule has 0 spiro atoms. The Balaban J connectivity index is 1.36. The fourth-order valence-electron chi connectivity index (χ4n) is 3.93. The summed E-state index contributed by atoms with van der Waals surface area (Å²) in [6.45, 7) is 3.14. The molecule has 0 radical (unpaired) electrons. The van der Waals surface area contributed by atoms with Gasteiger partial charge in [0.1, 0.15) is 11.9 Å². The normalized spacial score (nSPS) is 32.7. The molecule has 0 aromatic heterocycles. The van der Waals surface area contributed by atoms with Gasteiger partial charge in [0.25, 0.3) is 0 Å². The Labute approximate surface area is 148 Å². The zero-order chi connectivity index (χ0) is 17.2. The van der Waals surface area contributed by atoms with E-state index in [1.165, 1.54) is 6.07 Å². The molecule has 2 aliphatic heterocycles. The van der Waals surface area contributed by atoms with Crippen LogP contribution in [0.4, 0.5) is 4.39 Å². The first-order valence-corrected chi connectivity index (χ1v) is 9.22. The van der Waals surface area contributed by atoms with Crippen molar-refractivity contribution in [2.24, 2.45) is 4.99 Å². The smallest absolute Gasteiger partial charge is 0.194 e. The minimum absolute atomic E-state index is 0.108. The molecule has 6 heteroatoms. The Bertz CT molecular complexity index is 633. The molecule has 0 bridgehead atoms. The van der Waals surface area contributed by atoms with E-state index in [4.69, 9.17) is 9.47 Å². The van der Waals surface area contributed by atoms with Crippen molar-refractivity contribution < 1.29 is 13.9 Å². The molecular weight excluding hydrogens is 321 g/mol. The van der Waals surface area contributed by atoms with Crippen LogP contribution >= 0.6 is 0 Å². The first kappa shape index (κ1) is 16.8. The highest BCUT2D eigenvalue weighted by molar-refractivity contribution is 5.81. The first-order valence-electron chi connectivity index (χ1n) is 9.22. The summed E-state index contributed by atoms with van der Waals surface area (Å²) < 4.78 is 25.6. The van der Waals surface area contributed by atoms with Crippen LogP contribution in [0.3, 0.4) is 0 Å². The summed E-state index contributed by atoms with van der Waals surface area (Å²) in [5, 5.41) is 3.51. The lowest BCUT2D eigenvalue weighted by Crippen LogP contribution is -2.53. The standard InChI is InChI=1S/C19H26FN3O2/c1-21-19(22-16-11-14(16)13-5-2-3-6-15(13)20)23-8-10-25-18(12-23)17-7-4-9-24-17/h2-3,5-6,14,16-18H,4,7-12H2,1H3,(H,21,22). The second kappa shape index (κ2) is 7.30. The van der Waals surface area contributed by atoms with Crippen molar-refractivity contribution in [2.45, 2.75) is 43.4 Å². The fraction of sp³-hybridized carbons (Fsp3) is 0.632. The van der Waals surface area contributed by atoms with Crippen molar-refractivity contribution >= 4 is 5.96 Å². The van der Waals surface area contributed by atoms with Gasteiger partial charge in [0.05, 0.1) is 12.7 Å². The number of rotatable bonds is 3. The van der Waals surface area contributed by atoms with Crippen LogP contribution in [0.25, 0.3) is 0 Å². The Morgan fingerprint density at radius 3 is 2.84 bits per heavy atom. The highest BCUT2D eigenvalue weighted by Gasteiger charge is 2.41. The van der Waals surface area contributed by atoms with Gasteiger partial charge in [0, 0.05) is 38.7 Å². The van der Waals surface area contributed by atoms with Crippen molar-refractivity contribution in [1.29, 1.82) is 0 Å². The number of guanidine groups is 1. The zero-order valence-electron chi connectivity index (χ0n) is 14.7. The number of ether oxygens (including phenoxy) is 2. The second-order valence-corrected chi connectivity index (χ2v) is 7.07. The first-order chi connectivity index (χ1) is 12.3. The molecule has 1 saturated carbocycles. The topological polar surface area (TPSA) is 46.1 Å². The molecule has 3 fully saturated rings. The summed E-state index contributed by atoms with van der Waals surface area (Å²) in [5.41, 5.74) is 0.801. The average Bonchev–Trinajstić information content (AvgIpc) is 3.17. The summed E-state index contributed by atoms with van der Waals surface area (Å²) in [4.78, 5) is 6.69. The van der Waals surface area contributed by atoms with Crippen LogP contribution in [0.15, 0.2) is 29.3 Å². The van der Waals surface area contributed by atoms with Crippen LogP contribution in [0, 0.1) is 5.82 Å². The van der Waals surface area contributed by atoms with E-state index in [1.54, 1.807) is 13.1 Å². The number of hydrogen-bond acceptors (Lipinski definition) is 3. The van der Waals surface area contributed by atoms with Crippen molar-refractivity contribution in [3.63, 3.8) is 0 Å². The van der Waals surface area contributed by atoms with E-state index < -0.39 is 0 Å². The number of benzene rings is 1. The van der Waals surface area contributed by atoms with Gasteiger partial charge in [-0.15, -0.1) is 0 Å². The van der Waals surface area contributed by atoms with E-state index in [1.807, 2.05) is 12.1 Å². The Kier molecular flexibility index (Phi) is 4.90. The van der Waals surface area contributed by atoms with Gasteiger partial charge >= 0.3 is 0 Å². The number of aliphatic imine (C=N–C) groups is 1. The molecule has 1 aromatic rings. The molecule has 4 rings (SSSR count). The summed E-state index contributed by atoms with van der Waals surface area (Å²) in [6.07, 6.45) is 3.44. The van der Waals surface area contributed by atoms with E-state index >= 15 is 0 Å². The molecule has 0 amide bonds. The molecule has 5 nitrogen and oxygen atoms in total. The molecule has 1 aliphatic carbocycles. The number of hydrogen-bond donors (Lipinski definition) is 1.